The first kappa shape index (κ1) is 7.53. The summed E-state index contributed by atoms with van der Waals surface area (Å²) in [6.07, 6.45) is 3.09. The molecule has 0 saturated heterocycles. The molecule has 0 spiro atoms. The van der Waals surface area contributed by atoms with Crippen LogP contribution in [-0.2, 0) is 4.79 Å². The molecule has 0 atom stereocenters. The number of hydrogen-bond acceptors (Lipinski definition) is 3. The summed E-state index contributed by atoms with van der Waals surface area (Å²) in [4.78, 5) is 13.7. The van der Waals surface area contributed by atoms with Crippen molar-refractivity contribution < 1.29 is 9.53 Å². The Labute approximate surface area is 64.2 Å². The predicted molar refractivity (Wildman–Crippen MR) is 40.1 cm³/mol. The van der Waals surface area contributed by atoms with Crippen LogP contribution in [0.5, 0.6) is 5.88 Å². The highest BCUT2D eigenvalue weighted by Crippen LogP contribution is 2.11. The molecule has 4 nitrogen and oxygen atoms in total. The molecule has 1 rings (SSSR count). The number of anilines is 1. The maximum absolute atomic E-state index is 9.88. The van der Waals surface area contributed by atoms with Crippen LogP contribution in [0.15, 0.2) is 18.3 Å². The number of methoxy groups -OCH3 is 1. The van der Waals surface area contributed by atoms with Gasteiger partial charge in [-0.25, -0.2) is 4.98 Å². The van der Waals surface area contributed by atoms with Crippen molar-refractivity contribution in [1.29, 1.82) is 0 Å². The van der Waals surface area contributed by atoms with Crippen LogP contribution in [0.3, 0.4) is 0 Å². The number of amides is 1. The van der Waals surface area contributed by atoms with Crippen molar-refractivity contribution in [2.75, 3.05) is 12.4 Å². The monoisotopic (exact) mass is 151 g/mol. The van der Waals surface area contributed by atoms with E-state index in [1.165, 1.54) is 7.11 Å². The molecule has 0 aliphatic heterocycles. The summed E-state index contributed by atoms with van der Waals surface area (Å²) in [6.45, 7) is 0. The lowest BCUT2D eigenvalue weighted by Crippen LogP contribution is -1.94. The first-order valence-electron chi connectivity index (χ1n) is 3.00. The Bertz CT molecular complexity index is 250. The molecule has 1 radical (unpaired) electrons. The summed E-state index contributed by atoms with van der Waals surface area (Å²) in [5.74, 6) is 0.463. The fourth-order valence-corrected chi connectivity index (χ4v) is 0.658. The number of nitrogens with zero attached hydrogens (tertiary/aromatic N) is 1. The molecule has 0 aromatic carbocycles. The second-order valence-corrected chi connectivity index (χ2v) is 1.81. The van der Waals surface area contributed by atoms with Gasteiger partial charge in [-0.1, -0.05) is 0 Å². The average Bonchev–Trinajstić information content (AvgIpc) is 2.06. The Hall–Kier alpha value is -1.58. The van der Waals surface area contributed by atoms with Gasteiger partial charge in [0, 0.05) is 18.0 Å². The molecule has 4 heteroatoms. The maximum Gasteiger partial charge on any atom is 0.314 e. The van der Waals surface area contributed by atoms with Gasteiger partial charge in [-0.2, -0.15) is 0 Å². The fourth-order valence-electron chi connectivity index (χ4n) is 0.658. The van der Waals surface area contributed by atoms with Crippen molar-refractivity contribution in [3.05, 3.63) is 18.3 Å². The molecule has 1 heterocycles. The summed E-state index contributed by atoms with van der Waals surface area (Å²) >= 11 is 0. The molecular formula is C7H7N2O2. The van der Waals surface area contributed by atoms with Crippen LogP contribution >= 0.6 is 0 Å². The lowest BCUT2D eigenvalue weighted by Gasteiger charge is -1.99. The minimum absolute atomic E-state index is 0.463. The first-order valence-corrected chi connectivity index (χ1v) is 3.00. The molecule has 11 heavy (non-hydrogen) atoms. The second kappa shape index (κ2) is 3.55. The van der Waals surface area contributed by atoms with Crippen molar-refractivity contribution >= 4 is 12.1 Å². The number of rotatable bonds is 3. The standard InChI is InChI=1S/C7H7N2O2/c1-11-7-4-6(9-5-10)2-3-8-7/h2-4H,1H3,(H,8,9,10). The van der Waals surface area contributed by atoms with Gasteiger partial charge in [0.15, 0.2) is 0 Å². The van der Waals surface area contributed by atoms with Crippen LogP contribution < -0.4 is 10.1 Å². The van der Waals surface area contributed by atoms with Gasteiger partial charge in [0.25, 0.3) is 0 Å². The van der Waals surface area contributed by atoms with Crippen LogP contribution in [0.4, 0.5) is 5.69 Å². The van der Waals surface area contributed by atoms with Crippen LogP contribution in [0, 0.1) is 0 Å². The molecule has 0 bridgehead atoms. The van der Waals surface area contributed by atoms with E-state index in [-0.39, 0.29) is 0 Å². The fraction of sp³-hybridized carbons (Fsp3) is 0.143. The largest absolute Gasteiger partial charge is 0.481 e. The minimum atomic E-state index is 0.463. The van der Waals surface area contributed by atoms with E-state index < -0.39 is 0 Å². The molecule has 1 amide bonds. The Morgan fingerprint density at radius 2 is 2.55 bits per heavy atom. The van der Waals surface area contributed by atoms with Gasteiger partial charge in [0.1, 0.15) is 0 Å². The highest BCUT2D eigenvalue weighted by atomic mass is 16.5. The van der Waals surface area contributed by atoms with E-state index in [0.29, 0.717) is 11.6 Å². The normalized spacial score (nSPS) is 8.82. The van der Waals surface area contributed by atoms with Gasteiger partial charge in [-0.05, 0) is 6.07 Å². The third kappa shape index (κ3) is 1.93. The quantitative estimate of drug-likeness (QED) is 0.642. The summed E-state index contributed by atoms with van der Waals surface area (Å²) in [5.41, 5.74) is 0.617. The molecule has 1 N–H and O–H groups in total. The van der Waals surface area contributed by atoms with Crippen molar-refractivity contribution in [2.45, 2.75) is 0 Å². The van der Waals surface area contributed by atoms with Crippen LogP contribution in [0.25, 0.3) is 0 Å². The smallest absolute Gasteiger partial charge is 0.314 e. The number of hydrogen-bond donors (Lipinski definition) is 1. The molecule has 0 aliphatic carbocycles. The van der Waals surface area contributed by atoms with E-state index in [0.717, 1.165) is 0 Å². The van der Waals surface area contributed by atoms with E-state index in [1.54, 1.807) is 24.7 Å². The predicted octanol–water partition coefficient (Wildman–Crippen LogP) is 0.569. The minimum Gasteiger partial charge on any atom is -0.481 e. The number of pyridine rings is 1. The van der Waals surface area contributed by atoms with Crippen LogP contribution in [-0.4, -0.2) is 18.5 Å². The third-order valence-electron chi connectivity index (χ3n) is 1.14. The summed E-state index contributed by atoms with van der Waals surface area (Å²) in [6, 6.07) is 3.25. The molecule has 1 aromatic heterocycles. The SMILES string of the molecule is COc1cc(N[C]=O)ccn1. The second-order valence-electron chi connectivity index (χ2n) is 1.81. The average molecular weight is 151 g/mol. The van der Waals surface area contributed by atoms with Crippen LogP contribution in [0.2, 0.25) is 0 Å². The number of carbonyl (C=O) groups excluding carboxylic acids is 1. The summed E-state index contributed by atoms with van der Waals surface area (Å²) in [7, 11) is 1.51. The molecule has 0 aliphatic rings. The molecule has 57 valence electrons. The molecule has 0 saturated carbocycles. The highest BCUT2D eigenvalue weighted by molar-refractivity contribution is 5.71. The van der Waals surface area contributed by atoms with Gasteiger partial charge in [0.05, 0.1) is 7.11 Å². The van der Waals surface area contributed by atoms with Crippen molar-refractivity contribution in [1.82, 2.24) is 4.98 Å². The van der Waals surface area contributed by atoms with E-state index >= 15 is 0 Å². The lowest BCUT2D eigenvalue weighted by atomic mass is 10.4. The van der Waals surface area contributed by atoms with Crippen LogP contribution in [0.1, 0.15) is 0 Å². The van der Waals surface area contributed by atoms with Crippen molar-refractivity contribution in [3.63, 3.8) is 0 Å². The van der Waals surface area contributed by atoms with E-state index in [4.69, 9.17) is 4.74 Å². The van der Waals surface area contributed by atoms with E-state index in [2.05, 4.69) is 10.3 Å². The maximum atomic E-state index is 9.88. The van der Waals surface area contributed by atoms with Gasteiger partial charge in [-0.3, -0.25) is 4.79 Å². The molecular weight excluding hydrogens is 144 g/mol. The Kier molecular flexibility index (Phi) is 2.43. The molecule has 0 unspecified atom stereocenters. The van der Waals surface area contributed by atoms with Gasteiger partial charge in [0.2, 0.25) is 5.88 Å². The van der Waals surface area contributed by atoms with E-state index in [1.807, 2.05) is 0 Å². The summed E-state index contributed by atoms with van der Waals surface area (Å²) < 4.78 is 4.82. The Morgan fingerprint density at radius 3 is 3.18 bits per heavy atom. The zero-order valence-electron chi connectivity index (χ0n) is 6.00. The van der Waals surface area contributed by atoms with Crippen molar-refractivity contribution in [2.24, 2.45) is 0 Å². The third-order valence-corrected chi connectivity index (χ3v) is 1.14. The first-order chi connectivity index (χ1) is 5.36. The number of aromatic nitrogens is 1. The highest BCUT2D eigenvalue weighted by Gasteiger charge is 1.93. The van der Waals surface area contributed by atoms with E-state index in [9.17, 15) is 4.79 Å². The van der Waals surface area contributed by atoms with Gasteiger partial charge < -0.3 is 10.1 Å². The topological polar surface area (TPSA) is 51.2 Å². The Balaban J connectivity index is 2.82. The Morgan fingerprint density at radius 1 is 1.73 bits per heavy atom. The van der Waals surface area contributed by atoms with Gasteiger partial charge >= 0.3 is 6.41 Å². The number of nitrogens with one attached hydrogen (secondary N) is 1. The summed E-state index contributed by atoms with van der Waals surface area (Å²) in [5, 5.41) is 2.36. The molecule has 1 aromatic rings. The van der Waals surface area contributed by atoms with Crippen molar-refractivity contribution in [3.8, 4) is 5.88 Å². The zero-order valence-corrected chi connectivity index (χ0v) is 6.00. The lowest BCUT2D eigenvalue weighted by molar-refractivity contribution is 0.398. The molecule has 0 fully saturated rings. The zero-order chi connectivity index (χ0) is 8.10. The van der Waals surface area contributed by atoms with Gasteiger partial charge in [-0.15, -0.1) is 0 Å². The number of ether oxygens (including phenoxy) is 1.